The molecule has 0 unspecified atom stereocenters. The van der Waals surface area contributed by atoms with E-state index in [-0.39, 0.29) is 10.7 Å². The van der Waals surface area contributed by atoms with Crippen molar-refractivity contribution in [2.24, 2.45) is 0 Å². The third-order valence-corrected chi connectivity index (χ3v) is 3.77. The van der Waals surface area contributed by atoms with Crippen LogP contribution in [0.15, 0.2) is 36.5 Å². The highest BCUT2D eigenvalue weighted by molar-refractivity contribution is 6.32. The van der Waals surface area contributed by atoms with Crippen LogP contribution in [0.2, 0.25) is 5.15 Å². The number of benzene rings is 1. The summed E-state index contributed by atoms with van der Waals surface area (Å²) in [6.07, 6.45) is 3.18. The number of aromatic nitrogens is 1. The van der Waals surface area contributed by atoms with Gasteiger partial charge >= 0.3 is 5.97 Å². The first-order valence-electron chi connectivity index (χ1n) is 9.02. The molecule has 2 rings (SSSR count). The van der Waals surface area contributed by atoms with Crippen LogP contribution in [0.5, 0.6) is 11.5 Å². The van der Waals surface area contributed by atoms with Crippen LogP contribution in [0.25, 0.3) is 0 Å². The predicted octanol–water partition coefficient (Wildman–Crippen LogP) is 4.11. The van der Waals surface area contributed by atoms with Crippen LogP contribution in [0.1, 0.15) is 37.0 Å². The molecule has 0 spiro atoms. The van der Waals surface area contributed by atoms with Crippen LogP contribution in [0, 0.1) is 0 Å². The number of ether oxygens (including phenoxy) is 3. The molecule has 0 fully saturated rings. The van der Waals surface area contributed by atoms with Crippen molar-refractivity contribution in [2.75, 3.05) is 25.1 Å². The highest BCUT2D eigenvalue weighted by Crippen LogP contribution is 2.29. The first kappa shape index (κ1) is 21.5. The van der Waals surface area contributed by atoms with Gasteiger partial charge in [0, 0.05) is 6.20 Å². The number of rotatable bonds is 10. The molecule has 0 saturated heterocycles. The summed E-state index contributed by atoms with van der Waals surface area (Å²) in [7, 11) is 0. The number of carbonyl (C=O) groups excluding carboxylic acids is 2. The zero-order valence-corrected chi connectivity index (χ0v) is 16.6. The molecule has 2 aromatic rings. The van der Waals surface area contributed by atoms with Crippen LogP contribution in [0.4, 0.5) is 5.69 Å². The molecule has 1 N–H and O–H groups in total. The second-order valence-electron chi connectivity index (χ2n) is 5.82. The summed E-state index contributed by atoms with van der Waals surface area (Å²) in [4.78, 5) is 28.1. The Morgan fingerprint density at radius 3 is 2.46 bits per heavy atom. The Balaban J connectivity index is 1.98. The normalized spacial score (nSPS) is 10.2. The van der Waals surface area contributed by atoms with Crippen molar-refractivity contribution < 1.29 is 23.8 Å². The van der Waals surface area contributed by atoms with Crippen LogP contribution >= 0.6 is 11.6 Å². The van der Waals surface area contributed by atoms with Crippen molar-refractivity contribution in [3.63, 3.8) is 0 Å². The minimum absolute atomic E-state index is 0.155. The Hall–Kier alpha value is -2.80. The zero-order valence-electron chi connectivity index (χ0n) is 15.9. The molecule has 1 aromatic heterocycles. The number of hydrogen-bond donors (Lipinski definition) is 1. The summed E-state index contributed by atoms with van der Waals surface area (Å²) in [5.41, 5.74) is 0.611. The molecule has 0 aliphatic rings. The number of nitrogens with one attached hydrogen (secondary N) is 1. The number of amides is 1. The molecular formula is C20H23ClN2O5. The Morgan fingerprint density at radius 1 is 1.07 bits per heavy atom. The lowest BCUT2D eigenvalue weighted by Crippen LogP contribution is -2.21. The van der Waals surface area contributed by atoms with Crippen molar-refractivity contribution in [1.82, 2.24) is 4.98 Å². The number of hydrogen-bond acceptors (Lipinski definition) is 6. The van der Waals surface area contributed by atoms with Gasteiger partial charge in [0.05, 0.1) is 24.5 Å². The van der Waals surface area contributed by atoms with E-state index in [1.807, 2.05) is 13.8 Å². The fourth-order valence-electron chi connectivity index (χ4n) is 2.17. The average molecular weight is 407 g/mol. The highest BCUT2D eigenvalue weighted by Gasteiger charge is 2.15. The average Bonchev–Trinajstić information content (AvgIpc) is 2.70. The van der Waals surface area contributed by atoms with Gasteiger partial charge in [-0.3, -0.25) is 4.79 Å². The number of anilines is 1. The minimum atomic E-state index is -0.643. The summed E-state index contributed by atoms with van der Waals surface area (Å²) in [6.45, 7) is 4.57. The summed E-state index contributed by atoms with van der Waals surface area (Å²) < 4.78 is 16.4. The van der Waals surface area contributed by atoms with Gasteiger partial charge in [-0.15, -0.1) is 0 Å². The standard InChI is InChI=1S/C20H23ClN2O5/c1-3-10-26-16-8-7-14(12-17(16)27-11-4-2)20(25)28-13-18(24)23-15-6-5-9-22-19(15)21/h5-9,12H,3-4,10-11,13H2,1-2H3,(H,23,24). The maximum absolute atomic E-state index is 12.3. The summed E-state index contributed by atoms with van der Waals surface area (Å²) >= 11 is 5.88. The van der Waals surface area contributed by atoms with Crippen LogP contribution in [0.3, 0.4) is 0 Å². The molecule has 1 heterocycles. The molecule has 7 nitrogen and oxygen atoms in total. The second-order valence-corrected chi connectivity index (χ2v) is 6.18. The van der Waals surface area contributed by atoms with E-state index in [4.69, 9.17) is 25.8 Å². The summed E-state index contributed by atoms with van der Waals surface area (Å²) in [5, 5.41) is 2.69. The molecule has 0 aliphatic heterocycles. The molecule has 150 valence electrons. The largest absolute Gasteiger partial charge is 0.490 e. The van der Waals surface area contributed by atoms with E-state index in [0.29, 0.717) is 30.4 Å². The molecule has 28 heavy (non-hydrogen) atoms. The van der Waals surface area contributed by atoms with E-state index >= 15 is 0 Å². The first-order valence-corrected chi connectivity index (χ1v) is 9.40. The molecule has 0 aliphatic carbocycles. The van der Waals surface area contributed by atoms with Crippen molar-refractivity contribution in [3.05, 3.63) is 47.2 Å². The smallest absolute Gasteiger partial charge is 0.338 e. The van der Waals surface area contributed by atoms with Crippen molar-refractivity contribution in [1.29, 1.82) is 0 Å². The zero-order chi connectivity index (χ0) is 20.4. The topological polar surface area (TPSA) is 86.8 Å². The van der Waals surface area contributed by atoms with E-state index in [1.165, 1.54) is 6.20 Å². The molecule has 0 bridgehead atoms. The van der Waals surface area contributed by atoms with Gasteiger partial charge in [0.2, 0.25) is 0 Å². The van der Waals surface area contributed by atoms with Crippen LogP contribution < -0.4 is 14.8 Å². The van der Waals surface area contributed by atoms with E-state index in [0.717, 1.165) is 12.8 Å². The molecular weight excluding hydrogens is 384 g/mol. The van der Waals surface area contributed by atoms with Crippen molar-refractivity contribution in [2.45, 2.75) is 26.7 Å². The van der Waals surface area contributed by atoms with E-state index in [1.54, 1.807) is 30.3 Å². The number of esters is 1. The Labute approximate surface area is 169 Å². The number of halogens is 1. The molecule has 0 radical (unpaired) electrons. The van der Waals surface area contributed by atoms with Gasteiger partial charge in [0.1, 0.15) is 0 Å². The Morgan fingerprint density at radius 2 is 1.79 bits per heavy atom. The number of pyridine rings is 1. The van der Waals surface area contributed by atoms with Crippen molar-refractivity contribution in [3.8, 4) is 11.5 Å². The highest BCUT2D eigenvalue weighted by atomic mass is 35.5. The summed E-state index contributed by atoms with van der Waals surface area (Å²) in [6, 6.07) is 8.02. The third-order valence-electron chi connectivity index (χ3n) is 3.47. The molecule has 1 aromatic carbocycles. The fourth-order valence-corrected chi connectivity index (χ4v) is 2.34. The van der Waals surface area contributed by atoms with E-state index in [9.17, 15) is 9.59 Å². The van der Waals surface area contributed by atoms with Gasteiger partial charge in [-0.05, 0) is 43.2 Å². The lowest BCUT2D eigenvalue weighted by atomic mass is 10.2. The molecule has 0 atom stereocenters. The quantitative estimate of drug-likeness (QED) is 0.472. The van der Waals surface area contributed by atoms with Gasteiger partial charge in [-0.2, -0.15) is 0 Å². The molecule has 1 amide bonds. The second kappa shape index (κ2) is 11.1. The molecule has 8 heteroatoms. The summed E-state index contributed by atoms with van der Waals surface area (Å²) in [5.74, 6) is -0.128. The van der Waals surface area contributed by atoms with Gasteiger partial charge < -0.3 is 19.5 Å². The van der Waals surface area contributed by atoms with Gasteiger partial charge in [-0.25, -0.2) is 9.78 Å². The van der Waals surface area contributed by atoms with E-state index < -0.39 is 18.5 Å². The third kappa shape index (κ3) is 6.42. The lowest BCUT2D eigenvalue weighted by molar-refractivity contribution is -0.119. The fraction of sp³-hybridized carbons (Fsp3) is 0.350. The lowest BCUT2D eigenvalue weighted by Gasteiger charge is -2.13. The molecule has 0 saturated carbocycles. The Bertz CT molecular complexity index is 813. The van der Waals surface area contributed by atoms with Gasteiger partial charge in [0.25, 0.3) is 5.91 Å². The maximum Gasteiger partial charge on any atom is 0.338 e. The monoisotopic (exact) mass is 406 g/mol. The van der Waals surface area contributed by atoms with Crippen molar-refractivity contribution >= 4 is 29.2 Å². The van der Waals surface area contributed by atoms with Crippen LogP contribution in [-0.4, -0.2) is 36.7 Å². The number of nitrogens with zero attached hydrogens (tertiary/aromatic N) is 1. The van der Waals surface area contributed by atoms with E-state index in [2.05, 4.69) is 10.3 Å². The van der Waals surface area contributed by atoms with Gasteiger partial charge in [-0.1, -0.05) is 25.4 Å². The maximum atomic E-state index is 12.3. The minimum Gasteiger partial charge on any atom is -0.490 e. The number of carbonyl (C=O) groups is 2. The SMILES string of the molecule is CCCOc1ccc(C(=O)OCC(=O)Nc2cccnc2Cl)cc1OCCC. The van der Waals surface area contributed by atoms with Gasteiger partial charge in [0.15, 0.2) is 23.3 Å². The van der Waals surface area contributed by atoms with Crippen LogP contribution in [-0.2, 0) is 9.53 Å². The predicted molar refractivity (Wildman–Crippen MR) is 106 cm³/mol. The first-order chi connectivity index (χ1) is 13.5. The Kier molecular flexibility index (Phi) is 8.55.